The van der Waals surface area contributed by atoms with Crippen molar-refractivity contribution in [1.82, 2.24) is 4.57 Å². The third kappa shape index (κ3) is 3.51. The van der Waals surface area contributed by atoms with Gasteiger partial charge in [-0.05, 0) is 56.2 Å². The Morgan fingerprint density at radius 3 is 2.83 bits per heavy atom. The summed E-state index contributed by atoms with van der Waals surface area (Å²) < 4.78 is 14.5. The van der Waals surface area contributed by atoms with Crippen LogP contribution in [0.4, 0.5) is 0 Å². The van der Waals surface area contributed by atoms with E-state index in [2.05, 4.69) is 37.6 Å². The molecule has 2 aromatic carbocycles. The lowest BCUT2D eigenvalue weighted by molar-refractivity contribution is 0.0973. The topological polar surface area (TPSA) is 56.7 Å². The summed E-state index contributed by atoms with van der Waals surface area (Å²) >= 11 is 1.49. The molecule has 4 rings (SSSR count). The third-order valence-electron chi connectivity index (χ3n) is 4.83. The van der Waals surface area contributed by atoms with Crippen LogP contribution in [0.25, 0.3) is 21.2 Å². The first-order valence-electron chi connectivity index (χ1n) is 9.47. The predicted octanol–water partition coefficient (Wildman–Crippen LogP) is 5.39. The summed E-state index contributed by atoms with van der Waals surface area (Å²) in [5.74, 6) is 0.405. The second kappa shape index (κ2) is 7.72. The van der Waals surface area contributed by atoms with Crippen molar-refractivity contribution in [2.75, 3.05) is 6.61 Å². The molecule has 0 aliphatic carbocycles. The number of hydrogen-bond donors (Lipinski definition) is 0. The van der Waals surface area contributed by atoms with Gasteiger partial charge in [0.2, 0.25) is 0 Å². The van der Waals surface area contributed by atoms with Gasteiger partial charge in [-0.2, -0.15) is 4.99 Å². The van der Waals surface area contributed by atoms with Gasteiger partial charge < -0.3 is 13.7 Å². The zero-order valence-electron chi connectivity index (χ0n) is 16.7. The van der Waals surface area contributed by atoms with Crippen LogP contribution < -0.4 is 9.54 Å². The van der Waals surface area contributed by atoms with Gasteiger partial charge in [0.1, 0.15) is 0 Å². The number of carbonyl (C=O) groups excluding carboxylic acids is 1. The Morgan fingerprint density at radius 1 is 1.28 bits per heavy atom. The Balaban J connectivity index is 1.83. The minimum absolute atomic E-state index is 0.196. The van der Waals surface area contributed by atoms with E-state index in [0.717, 1.165) is 15.6 Å². The van der Waals surface area contributed by atoms with Gasteiger partial charge in [-0.3, -0.25) is 4.79 Å². The zero-order chi connectivity index (χ0) is 20.5. The van der Waals surface area contributed by atoms with Crippen LogP contribution in [0, 0.1) is 13.8 Å². The number of rotatable bonds is 5. The maximum Gasteiger partial charge on any atom is 0.315 e. The first kappa shape index (κ1) is 19.2. The van der Waals surface area contributed by atoms with E-state index in [4.69, 9.17) is 9.15 Å². The Labute approximate surface area is 172 Å². The number of thiazole rings is 1. The molecule has 0 saturated heterocycles. The fourth-order valence-electron chi connectivity index (χ4n) is 3.27. The van der Waals surface area contributed by atoms with Crippen molar-refractivity contribution in [3.63, 3.8) is 0 Å². The van der Waals surface area contributed by atoms with E-state index in [1.165, 1.54) is 22.5 Å². The number of aromatic nitrogens is 1. The molecule has 2 aromatic heterocycles. The molecule has 2 heterocycles. The molecule has 0 N–H and O–H groups in total. The summed E-state index contributed by atoms with van der Waals surface area (Å²) in [5, 5.41) is 0.816. The van der Waals surface area contributed by atoms with Gasteiger partial charge in [0, 0.05) is 11.9 Å². The quantitative estimate of drug-likeness (QED) is 0.418. The van der Waals surface area contributed by atoms with Crippen molar-refractivity contribution < 1.29 is 13.9 Å². The van der Waals surface area contributed by atoms with Gasteiger partial charge in [0.05, 0.1) is 16.8 Å². The second-order valence-electron chi connectivity index (χ2n) is 6.82. The first-order valence-corrected chi connectivity index (χ1v) is 10.3. The van der Waals surface area contributed by atoms with Gasteiger partial charge in [0.25, 0.3) is 0 Å². The van der Waals surface area contributed by atoms with Gasteiger partial charge in [-0.1, -0.05) is 29.5 Å². The molecular formula is C23H22N2O3S. The molecule has 29 heavy (non-hydrogen) atoms. The first-order chi connectivity index (χ1) is 14.0. The number of amides is 1. The molecule has 0 bridgehead atoms. The number of ether oxygens (including phenoxy) is 1. The van der Waals surface area contributed by atoms with Crippen LogP contribution in [-0.2, 0) is 6.54 Å². The number of fused-ring (bicyclic) bond motifs is 2. The molecule has 148 valence electrons. The minimum atomic E-state index is -0.415. The largest absolute Gasteiger partial charge is 0.490 e. The van der Waals surface area contributed by atoms with Crippen LogP contribution in [0.5, 0.6) is 5.75 Å². The SMILES string of the molecule is C=CCn1c(=NC(=O)c2cc3cccc(OCC)c3o2)sc2cc(C)c(C)cc21. The maximum absolute atomic E-state index is 12.9. The van der Waals surface area contributed by atoms with E-state index in [-0.39, 0.29) is 5.76 Å². The number of benzene rings is 2. The summed E-state index contributed by atoms with van der Waals surface area (Å²) in [6.45, 7) is 11.0. The van der Waals surface area contributed by atoms with E-state index >= 15 is 0 Å². The molecule has 0 saturated carbocycles. The number of nitrogens with zero attached hydrogens (tertiary/aromatic N) is 2. The summed E-state index contributed by atoms with van der Waals surface area (Å²) in [5.41, 5.74) is 4.03. The van der Waals surface area contributed by atoms with Gasteiger partial charge in [-0.25, -0.2) is 0 Å². The molecule has 0 radical (unpaired) electrons. The van der Waals surface area contributed by atoms with E-state index < -0.39 is 5.91 Å². The Bertz CT molecular complexity index is 1310. The fraction of sp³-hybridized carbons (Fsp3) is 0.217. The molecule has 0 unspecified atom stereocenters. The van der Waals surface area contributed by atoms with Crippen molar-refractivity contribution in [3.8, 4) is 5.75 Å². The van der Waals surface area contributed by atoms with Crippen LogP contribution in [0.15, 0.2) is 58.5 Å². The highest BCUT2D eigenvalue weighted by molar-refractivity contribution is 7.16. The predicted molar refractivity (Wildman–Crippen MR) is 117 cm³/mol. The number of furan rings is 1. The summed E-state index contributed by atoms with van der Waals surface area (Å²) in [6, 6.07) is 11.6. The summed E-state index contributed by atoms with van der Waals surface area (Å²) in [7, 11) is 0. The van der Waals surface area contributed by atoms with Crippen molar-refractivity contribution in [1.29, 1.82) is 0 Å². The van der Waals surface area contributed by atoms with Gasteiger partial charge in [-0.15, -0.1) is 6.58 Å². The monoisotopic (exact) mass is 406 g/mol. The lowest BCUT2D eigenvalue weighted by atomic mass is 10.1. The van der Waals surface area contributed by atoms with E-state index in [1.54, 1.807) is 12.1 Å². The maximum atomic E-state index is 12.9. The van der Waals surface area contributed by atoms with Crippen molar-refractivity contribution in [2.24, 2.45) is 4.99 Å². The lowest BCUT2D eigenvalue weighted by Crippen LogP contribution is -2.16. The number of hydrogen-bond acceptors (Lipinski definition) is 4. The second-order valence-corrected chi connectivity index (χ2v) is 7.83. The fourth-order valence-corrected chi connectivity index (χ4v) is 4.38. The molecule has 4 aromatic rings. The van der Waals surface area contributed by atoms with E-state index in [9.17, 15) is 4.79 Å². The van der Waals surface area contributed by atoms with Gasteiger partial charge in [0.15, 0.2) is 21.9 Å². The Hall–Kier alpha value is -3.12. The summed E-state index contributed by atoms with van der Waals surface area (Å²) in [4.78, 5) is 17.9. The normalized spacial score (nSPS) is 12.0. The molecule has 1 amide bonds. The number of aryl methyl sites for hydroxylation is 2. The highest BCUT2D eigenvalue weighted by Gasteiger charge is 2.16. The molecule has 0 aliphatic rings. The van der Waals surface area contributed by atoms with Crippen molar-refractivity contribution in [2.45, 2.75) is 27.3 Å². The third-order valence-corrected chi connectivity index (χ3v) is 5.87. The zero-order valence-corrected chi connectivity index (χ0v) is 17.5. The Morgan fingerprint density at radius 2 is 2.07 bits per heavy atom. The van der Waals surface area contributed by atoms with Crippen LogP contribution >= 0.6 is 11.3 Å². The van der Waals surface area contributed by atoms with Crippen LogP contribution in [-0.4, -0.2) is 17.1 Å². The molecule has 5 nitrogen and oxygen atoms in total. The van der Waals surface area contributed by atoms with Crippen molar-refractivity contribution in [3.05, 3.63) is 70.7 Å². The highest BCUT2D eigenvalue weighted by atomic mass is 32.1. The van der Waals surface area contributed by atoms with Crippen molar-refractivity contribution >= 4 is 38.4 Å². The molecule has 0 aliphatic heterocycles. The molecular weight excluding hydrogens is 384 g/mol. The van der Waals surface area contributed by atoms with Crippen LogP contribution in [0.1, 0.15) is 28.6 Å². The number of carbonyl (C=O) groups is 1. The molecule has 6 heteroatoms. The highest BCUT2D eigenvalue weighted by Crippen LogP contribution is 2.29. The van der Waals surface area contributed by atoms with E-state index in [1.807, 2.05) is 29.7 Å². The number of allylic oxidation sites excluding steroid dienone is 1. The average Bonchev–Trinajstić information content (AvgIpc) is 3.26. The summed E-state index contributed by atoms with van der Waals surface area (Å²) in [6.07, 6.45) is 1.81. The number of para-hydroxylation sites is 1. The van der Waals surface area contributed by atoms with Gasteiger partial charge >= 0.3 is 5.91 Å². The van der Waals surface area contributed by atoms with Crippen LogP contribution in [0.2, 0.25) is 0 Å². The standard InChI is InChI=1S/C23H22N2O3S/c1-5-10-25-17-11-14(3)15(4)12-20(17)29-23(25)24-22(26)19-13-16-8-7-9-18(27-6-2)21(16)28-19/h5,7-9,11-13H,1,6,10H2,2-4H3. The Kier molecular flexibility index (Phi) is 5.11. The van der Waals surface area contributed by atoms with E-state index in [0.29, 0.717) is 29.3 Å². The molecule has 0 fully saturated rings. The smallest absolute Gasteiger partial charge is 0.315 e. The molecule has 0 atom stereocenters. The minimum Gasteiger partial charge on any atom is -0.490 e. The van der Waals surface area contributed by atoms with Crippen LogP contribution in [0.3, 0.4) is 0 Å². The lowest BCUT2D eigenvalue weighted by Gasteiger charge is -2.03. The molecule has 0 spiro atoms. The average molecular weight is 407 g/mol.